The number of nitrogens with zero attached hydrogens (tertiary/aromatic N) is 1. The molecule has 0 aromatic heterocycles. The number of hydrogen-bond acceptors (Lipinski definition) is 6. The average molecular weight is 340 g/mol. The third-order valence-electron chi connectivity index (χ3n) is 2.88. The summed E-state index contributed by atoms with van der Waals surface area (Å²) < 4.78 is 4.79. The van der Waals surface area contributed by atoms with Crippen LogP contribution in [0.5, 0.6) is 0 Å². The molecule has 8 heteroatoms. The minimum Gasteiger partial charge on any atom is -0.465 e. The molecule has 126 valence electrons. The van der Waals surface area contributed by atoms with E-state index in [-0.39, 0.29) is 29.5 Å². The molecule has 0 atom stereocenters. The first-order valence-corrected chi connectivity index (χ1v) is 8.33. The van der Waals surface area contributed by atoms with Gasteiger partial charge in [0.15, 0.2) is 0 Å². The number of esters is 1. The van der Waals surface area contributed by atoms with E-state index in [0.29, 0.717) is 11.4 Å². The number of carbonyl (C=O) groups is 2. The fraction of sp³-hybridized carbons (Fsp3) is 0.467. The van der Waals surface area contributed by atoms with E-state index in [1.807, 2.05) is 6.92 Å². The molecule has 0 radical (unpaired) electrons. The lowest BCUT2D eigenvalue weighted by molar-refractivity contribution is -0.387. The Morgan fingerprint density at radius 1 is 1.35 bits per heavy atom. The fourth-order valence-electron chi connectivity index (χ4n) is 1.74. The summed E-state index contributed by atoms with van der Waals surface area (Å²) in [6.07, 6.45) is 1.80. The standard InChI is InChI=1S/C15H20N2O5S/c1-3-5-8-16-15(19)11-6-7-13(12(9-11)17(20)21)23-10-14(18)22-4-2/h6-7,9H,3-5,8,10H2,1-2H3,(H,16,19). The predicted molar refractivity (Wildman–Crippen MR) is 87.7 cm³/mol. The van der Waals surface area contributed by atoms with Crippen molar-refractivity contribution in [2.75, 3.05) is 18.9 Å². The smallest absolute Gasteiger partial charge is 0.316 e. The molecule has 0 spiro atoms. The van der Waals surface area contributed by atoms with E-state index >= 15 is 0 Å². The van der Waals surface area contributed by atoms with Crippen molar-refractivity contribution < 1.29 is 19.2 Å². The number of hydrogen-bond donors (Lipinski definition) is 1. The molecule has 1 rings (SSSR count). The van der Waals surface area contributed by atoms with Crippen molar-refractivity contribution in [2.24, 2.45) is 0 Å². The summed E-state index contributed by atoms with van der Waals surface area (Å²) >= 11 is 1.02. The van der Waals surface area contributed by atoms with Crippen molar-refractivity contribution in [1.29, 1.82) is 0 Å². The van der Waals surface area contributed by atoms with Gasteiger partial charge < -0.3 is 10.1 Å². The van der Waals surface area contributed by atoms with E-state index < -0.39 is 10.9 Å². The van der Waals surface area contributed by atoms with Crippen LogP contribution in [0.2, 0.25) is 0 Å². The van der Waals surface area contributed by atoms with Crippen LogP contribution in [-0.4, -0.2) is 35.7 Å². The van der Waals surface area contributed by atoms with Crippen molar-refractivity contribution in [3.63, 3.8) is 0 Å². The van der Waals surface area contributed by atoms with E-state index in [0.717, 1.165) is 24.6 Å². The lowest BCUT2D eigenvalue weighted by Crippen LogP contribution is -2.24. The maximum atomic E-state index is 11.9. The van der Waals surface area contributed by atoms with Gasteiger partial charge in [-0.15, -0.1) is 11.8 Å². The zero-order valence-electron chi connectivity index (χ0n) is 13.2. The molecule has 23 heavy (non-hydrogen) atoms. The van der Waals surface area contributed by atoms with Gasteiger partial charge in [-0.05, 0) is 25.5 Å². The van der Waals surface area contributed by atoms with Gasteiger partial charge in [0, 0.05) is 18.2 Å². The van der Waals surface area contributed by atoms with Crippen LogP contribution in [0.1, 0.15) is 37.0 Å². The lowest BCUT2D eigenvalue weighted by atomic mass is 10.2. The minimum atomic E-state index is -0.559. The Bertz CT molecular complexity index is 577. The predicted octanol–water partition coefficient (Wildman–Crippen LogP) is 2.78. The summed E-state index contributed by atoms with van der Waals surface area (Å²) in [5, 5.41) is 13.9. The molecule has 7 nitrogen and oxygen atoms in total. The van der Waals surface area contributed by atoms with Gasteiger partial charge in [0.05, 0.1) is 22.2 Å². The van der Waals surface area contributed by atoms with Gasteiger partial charge in [-0.3, -0.25) is 19.7 Å². The summed E-state index contributed by atoms with van der Waals surface area (Å²) in [5.41, 5.74) is 0.0377. The van der Waals surface area contributed by atoms with E-state index in [9.17, 15) is 19.7 Å². The Morgan fingerprint density at radius 3 is 2.70 bits per heavy atom. The SMILES string of the molecule is CCCCNC(=O)c1ccc(SCC(=O)OCC)c([N+](=O)[O-])c1. The van der Waals surface area contributed by atoms with E-state index in [4.69, 9.17) is 4.74 Å². The van der Waals surface area contributed by atoms with Crippen molar-refractivity contribution in [1.82, 2.24) is 5.32 Å². The molecule has 1 aromatic carbocycles. The number of amides is 1. The maximum Gasteiger partial charge on any atom is 0.316 e. The van der Waals surface area contributed by atoms with Crippen LogP contribution in [-0.2, 0) is 9.53 Å². The minimum absolute atomic E-state index is 0.0171. The highest BCUT2D eigenvalue weighted by Gasteiger charge is 2.19. The molecule has 0 aliphatic heterocycles. The highest BCUT2D eigenvalue weighted by molar-refractivity contribution is 8.00. The highest BCUT2D eigenvalue weighted by Crippen LogP contribution is 2.30. The van der Waals surface area contributed by atoms with Crippen LogP contribution in [0, 0.1) is 10.1 Å². The van der Waals surface area contributed by atoms with Gasteiger partial charge in [-0.25, -0.2) is 0 Å². The van der Waals surface area contributed by atoms with Crippen LogP contribution < -0.4 is 5.32 Å². The Labute approximate surface area is 138 Å². The van der Waals surface area contributed by atoms with Crippen LogP contribution in [0.3, 0.4) is 0 Å². The summed E-state index contributed by atoms with van der Waals surface area (Å²) in [7, 11) is 0. The molecule has 0 heterocycles. The summed E-state index contributed by atoms with van der Waals surface area (Å²) in [5.74, 6) is -0.798. The normalized spacial score (nSPS) is 10.2. The molecule has 0 unspecified atom stereocenters. The molecule has 0 saturated heterocycles. The summed E-state index contributed by atoms with van der Waals surface area (Å²) in [6, 6.07) is 4.23. The molecule has 1 aromatic rings. The number of thioether (sulfide) groups is 1. The van der Waals surface area contributed by atoms with Gasteiger partial charge >= 0.3 is 5.97 Å². The molecule has 0 aliphatic rings. The number of unbranched alkanes of at least 4 members (excludes halogenated alkanes) is 1. The first-order valence-electron chi connectivity index (χ1n) is 7.34. The van der Waals surface area contributed by atoms with Crippen LogP contribution in [0.4, 0.5) is 5.69 Å². The van der Waals surface area contributed by atoms with Crippen molar-refractivity contribution in [3.05, 3.63) is 33.9 Å². The number of nitro benzene ring substituents is 1. The quantitative estimate of drug-likeness (QED) is 0.244. The molecule has 0 bridgehead atoms. The largest absolute Gasteiger partial charge is 0.465 e. The Balaban J connectivity index is 2.83. The molecule has 1 amide bonds. The number of benzene rings is 1. The van der Waals surface area contributed by atoms with Gasteiger partial charge in [0.2, 0.25) is 0 Å². The van der Waals surface area contributed by atoms with E-state index in [1.54, 1.807) is 6.92 Å². The lowest BCUT2D eigenvalue weighted by Gasteiger charge is -2.07. The fourth-order valence-corrected chi connectivity index (χ4v) is 2.55. The number of nitro groups is 1. The topological polar surface area (TPSA) is 98.5 Å². The van der Waals surface area contributed by atoms with Crippen molar-refractivity contribution in [3.8, 4) is 0 Å². The third kappa shape index (κ3) is 6.27. The van der Waals surface area contributed by atoms with Gasteiger partial charge in [-0.2, -0.15) is 0 Å². The van der Waals surface area contributed by atoms with E-state index in [1.165, 1.54) is 18.2 Å². The first-order chi connectivity index (χ1) is 11.0. The molecule has 0 saturated carbocycles. The Morgan fingerprint density at radius 2 is 2.09 bits per heavy atom. The second-order valence-corrected chi connectivity index (χ2v) is 5.66. The number of nitrogens with one attached hydrogen (secondary N) is 1. The van der Waals surface area contributed by atoms with Crippen molar-refractivity contribution in [2.45, 2.75) is 31.6 Å². The zero-order valence-corrected chi connectivity index (χ0v) is 14.0. The highest BCUT2D eigenvalue weighted by atomic mass is 32.2. The number of ether oxygens (including phenoxy) is 1. The average Bonchev–Trinajstić information content (AvgIpc) is 2.53. The molecular formula is C15H20N2O5S. The van der Waals surface area contributed by atoms with Gasteiger partial charge in [0.25, 0.3) is 11.6 Å². The van der Waals surface area contributed by atoms with Gasteiger partial charge in [-0.1, -0.05) is 13.3 Å². The summed E-state index contributed by atoms with van der Waals surface area (Å²) in [4.78, 5) is 34.2. The van der Waals surface area contributed by atoms with E-state index in [2.05, 4.69) is 5.32 Å². The van der Waals surface area contributed by atoms with Crippen LogP contribution >= 0.6 is 11.8 Å². The van der Waals surface area contributed by atoms with Crippen LogP contribution in [0.25, 0.3) is 0 Å². The Kier molecular flexibility index (Phi) is 8.10. The third-order valence-corrected chi connectivity index (χ3v) is 3.92. The van der Waals surface area contributed by atoms with Crippen molar-refractivity contribution >= 4 is 29.3 Å². The maximum absolute atomic E-state index is 11.9. The molecule has 0 fully saturated rings. The monoisotopic (exact) mass is 340 g/mol. The second kappa shape index (κ2) is 9.83. The second-order valence-electron chi connectivity index (χ2n) is 4.64. The molecule has 0 aliphatic carbocycles. The summed E-state index contributed by atoms with van der Waals surface area (Å²) in [6.45, 7) is 4.49. The molecular weight excluding hydrogens is 320 g/mol. The number of rotatable bonds is 9. The molecule has 1 N–H and O–H groups in total. The van der Waals surface area contributed by atoms with Crippen LogP contribution in [0.15, 0.2) is 23.1 Å². The number of carbonyl (C=O) groups excluding carboxylic acids is 2. The first kappa shape index (κ1) is 19.0. The Hall–Kier alpha value is -2.09. The zero-order chi connectivity index (χ0) is 17.2. The van der Waals surface area contributed by atoms with Gasteiger partial charge in [0.1, 0.15) is 0 Å².